The first-order chi connectivity index (χ1) is 7.42. The second kappa shape index (κ2) is 6.31. The standard InChI is InChI=1S/C6H6N4O5P/c1-3(11)5(9-7)14-16(13)15-6(10-8)4(2)12/h1-2H3/q+1. The van der Waals surface area contributed by atoms with Crippen LogP contribution in [0.15, 0.2) is 0 Å². The quantitative estimate of drug-likeness (QED) is 0.227. The average Bonchev–Trinajstić information content (AvgIpc) is 2.21. The van der Waals surface area contributed by atoms with Gasteiger partial charge in [0.1, 0.15) is 0 Å². The predicted molar refractivity (Wildman–Crippen MR) is 48.4 cm³/mol. The van der Waals surface area contributed by atoms with Crippen molar-refractivity contribution in [3.8, 4) is 0 Å². The Hall–Kier alpha value is -2.20. The van der Waals surface area contributed by atoms with Crippen molar-refractivity contribution in [2.75, 3.05) is 0 Å². The molecule has 0 amide bonds. The van der Waals surface area contributed by atoms with E-state index >= 15 is 0 Å². The van der Waals surface area contributed by atoms with E-state index in [1.165, 1.54) is 0 Å². The third-order valence-electron chi connectivity index (χ3n) is 1.11. The first kappa shape index (κ1) is 13.8. The zero-order chi connectivity index (χ0) is 12.7. The van der Waals surface area contributed by atoms with Crippen LogP contribution in [0.25, 0.3) is 11.1 Å². The lowest BCUT2D eigenvalue weighted by Gasteiger charge is -1.81. The molecule has 0 heterocycles. The summed E-state index contributed by atoms with van der Waals surface area (Å²) in [4.78, 5) is 26.1. The molecule has 0 aliphatic heterocycles. The molecule has 0 rings (SSSR count). The van der Waals surface area contributed by atoms with Gasteiger partial charge in [-0.3, -0.25) is 9.59 Å². The molecule has 84 valence electrons. The summed E-state index contributed by atoms with van der Waals surface area (Å²) in [6, 6.07) is 0. The van der Waals surface area contributed by atoms with E-state index < -0.39 is 31.6 Å². The highest BCUT2D eigenvalue weighted by atomic mass is 31.1. The first-order valence-corrected chi connectivity index (χ1v) is 4.81. The molecule has 0 fully saturated rings. The number of carbonyl (C=O) groups excluding carboxylic acids is 2. The maximum absolute atomic E-state index is 11.0. The van der Waals surface area contributed by atoms with E-state index in [9.17, 15) is 14.2 Å². The highest BCUT2D eigenvalue weighted by molar-refractivity contribution is 7.35. The predicted octanol–water partition coefficient (Wildman–Crippen LogP) is 0.112. The van der Waals surface area contributed by atoms with E-state index in [2.05, 4.69) is 18.6 Å². The zero-order valence-electron chi connectivity index (χ0n) is 8.28. The molecule has 0 aromatic rings. The van der Waals surface area contributed by atoms with Crippen LogP contribution in [0.1, 0.15) is 13.8 Å². The van der Waals surface area contributed by atoms with Gasteiger partial charge in [-0.25, -0.2) is 0 Å². The molecule has 0 saturated heterocycles. The van der Waals surface area contributed by atoms with Crippen molar-refractivity contribution in [3.05, 3.63) is 11.1 Å². The van der Waals surface area contributed by atoms with Crippen LogP contribution in [-0.2, 0) is 23.2 Å². The fraction of sp³-hybridized carbons (Fsp3) is 0.333. The molecule has 0 aromatic heterocycles. The molecule has 0 aromatic carbocycles. The third-order valence-corrected chi connectivity index (χ3v) is 1.75. The SMILES string of the molecule is CC(=O)C(=[N+]=[N-])O[P+](=O)OC(=[N+]=[N-])C(C)=O. The monoisotopic (exact) mass is 245 g/mol. The second-order valence-electron chi connectivity index (χ2n) is 2.33. The van der Waals surface area contributed by atoms with Crippen molar-refractivity contribution in [3.63, 3.8) is 0 Å². The van der Waals surface area contributed by atoms with Crippen LogP contribution in [-0.4, -0.2) is 32.9 Å². The van der Waals surface area contributed by atoms with Gasteiger partial charge >= 0.3 is 20.1 Å². The van der Waals surface area contributed by atoms with Crippen molar-refractivity contribution in [2.24, 2.45) is 0 Å². The molecular formula is C6H6N4O5P+. The third kappa shape index (κ3) is 4.34. The van der Waals surface area contributed by atoms with Gasteiger partial charge in [0.05, 0.1) is 0 Å². The lowest BCUT2D eigenvalue weighted by molar-refractivity contribution is -0.118. The van der Waals surface area contributed by atoms with E-state index in [0.29, 0.717) is 0 Å². The summed E-state index contributed by atoms with van der Waals surface area (Å²) in [7, 11) is -3.01. The van der Waals surface area contributed by atoms with E-state index in [1.807, 2.05) is 0 Å². The normalized spacial score (nSPS) is 9.25. The van der Waals surface area contributed by atoms with Crippen LogP contribution < -0.4 is 0 Å². The number of hydrogen-bond donors (Lipinski definition) is 0. The van der Waals surface area contributed by atoms with Crippen molar-refractivity contribution < 1.29 is 32.8 Å². The van der Waals surface area contributed by atoms with Gasteiger partial charge in [-0.2, -0.15) is 0 Å². The summed E-state index contributed by atoms with van der Waals surface area (Å²) in [5, 5.41) is 0. The van der Waals surface area contributed by atoms with Gasteiger partial charge in [0, 0.05) is 18.4 Å². The number of carbonyl (C=O) groups is 2. The topological polar surface area (TPSA) is 142 Å². The number of rotatable bonds is 4. The minimum absolute atomic E-state index is 0.806. The Kier molecular flexibility index (Phi) is 5.45. The lowest BCUT2D eigenvalue weighted by atomic mass is 10.5. The molecule has 0 radical (unpaired) electrons. The summed E-state index contributed by atoms with van der Waals surface area (Å²) in [6.45, 7) is 1.98. The van der Waals surface area contributed by atoms with Crippen LogP contribution >= 0.6 is 8.25 Å². The largest absolute Gasteiger partial charge is 0.819 e. The lowest BCUT2D eigenvalue weighted by Crippen LogP contribution is -2.16. The number of Topliss-reactive ketones (excluding diaryl/α,β-unsaturated/α-hetero) is 2. The van der Waals surface area contributed by atoms with Crippen molar-refractivity contribution in [1.29, 1.82) is 0 Å². The van der Waals surface area contributed by atoms with Crippen LogP contribution in [0.4, 0.5) is 0 Å². The molecule has 0 aliphatic carbocycles. The summed E-state index contributed by atoms with van der Waals surface area (Å²) in [5.74, 6) is -3.33. The van der Waals surface area contributed by atoms with Crippen molar-refractivity contribution in [2.45, 2.75) is 13.8 Å². The maximum atomic E-state index is 11.0. The minimum Gasteiger partial charge on any atom is -0.356 e. The molecule has 10 heteroatoms. The van der Waals surface area contributed by atoms with Crippen LogP contribution in [0.3, 0.4) is 0 Å². The van der Waals surface area contributed by atoms with Gasteiger partial charge in [-0.1, -0.05) is 0 Å². The molecule has 16 heavy (non-hydrogen) atoms. The Morgan fingerprint density at radius 2 is 1.31 bits per heavy atom. The van der Waals surface area contributed by atoms with Crippen LogP contribution in [0.5, 0.6) is 0 Å². The average molecular weight is 245 g/mol. The van der Waals surface area contributed by atoms with Crippen LogP contribution in [0.2, 0.25) is 0 Å². The van der Waals surface area contributed by atoms with Crippen molar-refractivity contribution in [1.82, 2.24) is 0 Å². The molecule has 0 atom stereocenters. The summed E-state index contributed by atoms with van der Waals surface area (Å²) >= 11 is 0. The van der Waals surface area contributed by atoms with Gasteiger partial charge in [0.2, 0.25) is 0 Å². The molecule has 0 N–H and O–H groups in total. The fourth-order valence-corrected chi connectivity index (χ4v) is 1.12. The van der Waals surface area contributed by atoms with Gasteiger partial charge < -0.3 is 11.1 Å². The fourth-order valence-electron chi connectivity index (χ4n) is 0.466. The number of ketones is 2. The van der Waals surface area contributed by atoms with Gasteiger partial charge in [0.15, 0.2) is 0 Å². The molecule has 0 aliphatic rings. The summed E-state index contributed by atoms with van der Waals surface area (Å²) < 4.78 is 19.5. The number of nitrogens with zero attached hydrogens (tertiary/aromatic N) is 4. The highest BCUT2D eigenvalue weighted by Crippen LogP contribution is 2.24. The Morgan fingerprint density at radius 1 is 1.00 bits per heavy atom. The Labute approximate surface area is 90.2 Å². The second-order valence-corrected chi connectivity index (χ2v) is 3.14. The molecule has 0 unspecified atom stereocenters. The van der Waals surface area contributed by atoms with E-state index in [0.717, 1.165) is 13.8 Å². The van der Waals surface area contributed by atoms with Crippen LogP contribution in [0, 0.1) is 0 Å². The van der Waals surface area contributed by atoms with Crippen molar-refractivity contribution >= 4 is 31.6 Å². The molecule has 0 saturated carbocycles. The smallest absolute Gasteiger partial charge is 0.356 e. The summed E-state index contributed by atoms with van der Waals surface area (Å²) in [5.41, 5.74) is 16.5. The number of hydrogen-bond acceptors (Lipinski definition) is 5. The zero-order valence-corrected chi connectivity index (χ0v) is 9.17. The van der Waals surface area contributed by atoms with E-state index in [1.54, 1.807) is 0 Å². The first-order valence-electron chi connectivity index (χ1n) is 3.71. The van der Waals surface area contributed by atoms with Gasteiger partial charge in [-0.05, 0) is 0 Å². The minimum atomic E-state index is -3.01. The Bertz CT molecular complexity index is 406. The Morgan fingerprint density at radius 3 is 1.50 bits per heavy atom. The molecule has 0 bridgehead atoms. The van der Waals surface area contributed by atoms with Gasteiger partial charge in [-0.15, -0.1) is 18.6 Å². The molecule has 9 nitrogen and oxygen atoms in total. The highest BCUT2D eigenvalue weighted by Gasteiger charge is 2.40. The maximum Gasteiger partial charge on any atom is 0.819 e. The molecular weight excluding hydrogens is 239 g/mol. The van der Waals surface area contributed by atoms with E-state index in [-0.39, 0.29) is 0 Å². The summed E-state index contributed by atoms with van der Waals surface area (Å²) in [6.07, 6.45) is 0. The van der Waals surface area contributed by atoms with E-state index in [4.69, 9.17) is 11.1 Å². The van der Waals surface area contributed by atoms with Gasteiger partial charge in [0.25, 0.3) is 11.6 Å². The Balaban J connectivity index is 4.63. The molecule has 0 spiro atoms.